The monoisotopic (exact) mass is 478 g/mol. The number of allylic oxidation sites excluding steroid dienone is 4. The molecule has 1 heterocycles. The normalized spacial score (nSPS) is 35.1. The lowest BCUT2D eigenvalue weighted by atomic mass is 9.86. The van der Waals surface area contributed by atoms with Crippen LogP contribution in [-0.4, -0.2) is 6.16 Å². The summed E-state index contributed by atoms with van der Waals surface area (Å²) in [6.45, 7) is 1.92. The van der Waals surface area contributed by atoms with Crippen molar-refractivity contribution in [1.82, 2.24) is 0 Å². The van der Waals surface area contributed by atoms with Gasteiger partial charge in [-0.1, -0.05) is 91.9 Å². The zero-order valence-electron chi connectivity index (χ0n) is 17.2. The van der Waals surface area contributed by atoms with Gasteiger partial charge in [0, 0.05) is 5.41 Å². The molecule has 9 heteroatoms. The second-order valence-corrected chi connectivity index (χ2v) is 14.7. The summed E-state index contributed by atoms with van der Waals surface area (Å²) in [4.78, 5) is 0. The molecule has 6 nitrogen and oxygen atoms in total. The number of hydrogen-bond acceptors (Lipinski definition) is 6. The molecule has 0 bridgehead atoms. The highest BCUT2D eigenvalue weighted by Crippen LogP contribution is 2.84. The molecule has 0 spiro atoms. The first-order chi connectivity index (χ1) is 14.7. The fraction of sp³-hybridized carbons (Fsp3) is 0.273. The van der Waals surface area contributed by atoms with E-state index in [0.717, 1.165) is 0 Å². The first kappa shape index (κ1) is 22.7. The van der Waals surface area contributed by atoms with E-state index >= 15 is 0 Å². The van der Waals surface area contributed by atoms with E-state index in [-0.39, 0.29) is 18.5 Å². The summed E-state index contributed by atoms with van der Waals surface area (Å²) in [5, 5.41) is 0. The second kappa shape index (κ2) is 8.79. The molecule has 1 fully saturated rings. The Morgan fingerprint density at radius 2 is 1.23 bits per heavy atom. The van der Waals surface area contributed by atoms with E-state index in [4.69, 9.17) is 12.9 Å². The maximum atomic E-state index is 13.8. The van der Waals surface area contributed by atoms with Gasteiger partial charge in [-0.25, -0.2) is 12.9 Å². The molecule has 3 atom stereocenters. The molecule has 1 aliphatic carbocycles. The molecule has 4 rings (SSSR count). The fourth-order valence-corrected chi connectivity index (χ4v) is 13.3. The van der Waals surface area contributed by atoms with E-state index in [2.05, 4.69) is 0 Å². The van der Waals surface area contributed by atoms with Crippen LogP contribution in [0.15, 0.2) is 85.0 Å². The van der Waals surface area contributed by atoms with Gasteiger partial charge in [-0.05, 0) is 17.5 Å². The topological polar surface area (TPSA) is 78.9 Å². The highest BCUT2D eigenvalue weighted by atomic mass is 31.3. The van der Waals surface area contributed by atoms with Crippen molar-refractivity contribution in [3.8, 4) is 0 Å². The molecule has 0 aromatic heterocycles. The predicted molar refractivity (Wildman–Crippen MR) is 122 cm³/mol. The Bertz CT molecular complexity index is 1060. The third kappa shape index (κ3) is 5.84. The van der Waals surface area contributed by atoms with Crippen LogP contribution in [-0.2, 0) is 39.0 Å². The zero-order valence-corrected chi connectivity index (χ0v) is 19.9. The Balaban J connectivity index is 1.67. The first-order valence-electron chi connectivity index (χ1n) is 10.0. The van der Waals surface area contributed by atoms with Crippen LogP contribution >= 0.6 is 22.8 Å². The van der Waals surface area contributed by atoms with Crippen LogP contribution in [0.2, 0.25) is 0 Å². The van der Waals surface area contributed by atoms with E-state index in [0.29, 0.717) is 17.5 Å². The van der Waals surface area contributed by atoms with Gasteiger partial charge in [0.15, 0.2) is 0 Å². The molecule has 2 aliphatic rings. The highest BCUT2D eigenvalue weighted by Gasteiger charge is 2.54. The van der Waals surface area contributed by atoms with Crippen LogP contribution in [0, 0.1) is 5.41 Å². The Morgan fingerprint density at radius 3 is 1.68 bits per heavy atom. The minimum Gasteiger partial charge on any atom is -0.259 e. The van der Waals surface area contributed by atoms with Crippen molar-refractivity contribution in [1.29, 1.82) is 0 Å². The molecule has 164 valence electrons. The standard InChI is InChI=1S/C22H25O6P3/c1-22(15-9-4-10-16-22)19-31(25)27-29(23,17-20-11-5-2-6-12-20)26-30(24,28-31)18-21-13-7-3-8-14-21/h2-15H,16-19H2,1H3. The molecule has 0 amide bonds. The Hall–Kier alpha value is -1.51. The van der Waals surface area contributed by atoms with E-state index < -0.39 is 28.2 Å². The molecule has 3 unspecified atom stereocenters. The summed E-state index contributed by atoms with van der Waals surface area (Å²) < 4.78 is 57.9. The SMILES string of the molecule is CC1(CP2(=O)OP(=O)(Cc3ccccc3)OP(=O)(Cc3ccccc3)O2)C=CC=CC1. The minimum atomic E-state index is -4.01. The summed E-state index contributed by atoms with van der Waals surface area (Å²) in [5.74, 6) is 0. The average Bonchev–Trinajstić information content (AvgIpc) is 2.67. The summed E-state index contributed by atoms with van der Waals surface area (Å²) >= 11 is 0. The summed E-state index contributed by atoms with van der Waals surface area (Å²) in [6.07, 6.45) is 7.96. The van der Waals surface area contributed by atoms with E-state index in [1.54, 1.807) is 48.5 Å². The molecule has 2 aromatic carbocycles. The molecule has 2 aromatic rings. The Labute approximate surface area is 182 Å². The van der Waals surface area contributed by atoms with Gasteiger partial charge < -0.3 is 0 Å². The quantitative estimate of drug-likeness (QED) is 0.399. The molecule has 31 heavy (non-hydrogen) atoms. The van der Waals surface area contributed by atoms with Gasteiger partial charge in [0.1, 0.15) is 0 Å². The molecule has 0 saturated carbocycles. The van der Waals surface area contributed by atoms with Gasteiger partial charge in [0.2, 0.25) is 0 Å². The van der Waals surface area contributed by atoms with Crippen molar-refractivity contribution in [2.45, 2.75) is 25.7 Å². The maximum absolute atomic E-state index is 13.8. The number of hydrogen-bond donors (Lipinski definition) is 0. The molecular formula is C22H25O6P3. The van der Waals surface area contributed by atoms with Crippen molar-refractivity contribution >= 4 is 22.8 Å². The van der Waals surface area contributed by atoms with E-state index in [9.17, 15) is 13.7 Å². The van der Waals surface area contributed by atoms with Crippen LogP contribution in [0.3, 0.4) is 0 Å². The predicted octanol–water partition coefficient (Wildman–Crippen LogP) is 7.55. The molecular weight excluding hydrogens is 453 g/mol. The van der Waals surface area contributed by atoms with Gasteiger partial charge in [-0.2, -0.15) is 0 Å². The summed E-state index contributed by atoms with van der Waals surface area (Å²) in [5.41, 5.74) is 0.825. The second-order valence-electron chi connectivity index (χ2n) is 8.17. The molecule has 1 saturated heterocycles. The fourth-order valence-electron chi connectivity index (χ4n) is 3.73. The van der Waals surface area contributed by atoms with Crippen molar-refractivity contribution in [3.05, 3.63) is 96.1 Å². The van der Waals surface area contributed by atoms with Gasteiger partial charge in [0.05, 0.1) is 18.5 Å². The van der Waals surface area contributed by atoms with Crippen LogP contribution in [0.25, 0.3) is 0 Å². The summed E-state index contributed by atoms with van der Waals surface area (Å²) in [7, 11) is -12.0. The zero-order chi connectivity index (χ0) is 22.0. The van der Waals surface area contributed by atoms with Crippen molar-refractivity contribution in [2.24, 2.45) is 5.41 Å². The first-order valence-corrected chi connectivity index (χ1v) is 15.2. The van der Waals surface area contributed by atoms with Crippen molar-refractivity contribution in [2.75, 3.05) is 6.16 Å². The van der Waals surface area contributed by atoms with Gasteiger partial charge in [0.25, 0.3) is 0 Å². The number of rotatable bonds is 6. The van der Waals surface area contributed by atoms with Gasteiger partial charge in [-0.3, -0.25) is 13.7 Å². The lowest BCUT2D eigenvalue weighted by molar-refractivity contribution is 0.267. The summed E-state index contributed by atoms with van der Waals surface area (Å²) in [6, 6.07) is 17.9. The maximum Gasteiger partial charge on any atom is 0.349 e. The van der Waals surface area contributed by atoms with Gasteiger partial charge in [-0.15, -0.1) is 0 Å². The van der Waals surface area contributed by atoms with Crippen molar-refractivity contribution in [3.63, 3.8) is 0 Å². The molecule has 1 aliphatic heterocycles. The largest absolute Gasteiger partial charge is 0.349 e. The average molecular weight is 478 g/mol. The minimum absolute atomic E-state index is 0.0399. The van der Waals surface area contributed by atoms with E-state index in [1.165, 1.54) is 0 Å². The smallest absolute Gasteiger partial charge is 0.259 e. The van der Waals surface area contributed by atoms with Crippen LogP contribution in [0.1, 0.15) is 24.5 Å². The van der Waals surface area contributed by atoms with Gasteiger partial charge >= 0.3 is 22.8 Å². The van der Waals surface area contributed by atoms with Crippen LogP contribution < -0.4 is 0 Å². The van der Waals surface area contributed by atoms with E-state index in [1.807, 2.05) is 43.4 Å². The molecule has 0 N–H and O–H groups in total. The molecule has 0 radical (unpaired) electrons. The lowest BCUT2D eigenvalue weighted by Crippen LogP contribution is -2.22. The van der Waals surface area contributed by atoms with Crippen LogP contribution in [0.4, 0.5) is 0 Å². The Morgan fingerprint density at radius 1 is 0.742 bits per heavy atom. The highest BCUT2D eigenvalue weighted by molar-refractivity contribution is 7.79. The van der Waals surface area contributed by atoms with Crippen LogP contribution in [0.5, 0.6) is 0 Å². The van der Waals surface area contributed by atoms with Crippen molar-refractivity contribution < 1.29 is 26.6 Å². The third-order valence-corrected chi connectivity index (χ3v) is 13.7. The number of benzene rings is 2. The Kier molecular flexibility index (Phi) is 6.43. The third-order valence-electron chi connectivity index (χ3n) is 5.07. The lowest BCUT2D eigenvalue weighted by Gasteiger charge is -2.37.